The van der Waals surface area contributed by atoms with Crippen LogP contribution in [0.3, 0.4) is 0 Å². The van der Waals surface area contributed by atoms with Gasteiger partial charge in [0.25, 0.3) is 0 Å². The summed E-state index contributed by atoms with van der Waals surface area (Å²) in [4.78, 5) is 0. The van der Waals surface area contributed by atoms with Crippen LogP contribution in [0.15, 0.2) is 54.6 Å². The average Bonchev–Trinajstić information content (AvgIpc) is 3.04. The summed E-state index contributed by atoms with van der Waals surface area (Å²) >= 11 is 0. The summed E-state index contributed by atoms with van der Waals surface area (Å²) in [6.07, 6.45) is 5.57. The van der Waals surface area contributed by atoms with E-state index in [9.17, 15) is 5.11 Å². The molecule has 1 heterocycles. The van der Waals surface area contributed by atoms with E-state index in [2.05, 4.69) is 35.7 Å². The quantitative estimate of drug-likeness (QED) is 0.814. The van der Waals surface area contributed by atoms with Gasteiger partial charge < -0.3 is 15.2 Å². The number of phenols is 1. The maximum Gasteiger partial charge on any atom is 0.163 e. The number of benzene rings is 2. The van der Waals surface area contributed by atoms with Crippen molar-refractivity contribution < 1.29 is 9.84 Å². The molecule has 1 aliphatic carbocycles. The second kappa shape index (κ2) is 5.09. The van der Waals surface area contributed by atoms with Crippen molar-refractivity contribution in [2.45, 2.75) is 18.4 Å². The second-order valence-electron chi connectivity index (χ2n) is 5.96. The van der Waals surface area contributed by atoms with Crippen LogP contribution in [0.5, 0.6) is 11.5 Å². The van der Waals surface area contributed by atoms with Crippen molar-refractivity contribution in [2.24, 2.45) is 5.92 Å². The third-order valence-corrected chi connectivity index (χ3v) is 4.86. The van der Waals surface area contributed by atoms with Gasteiger partial charge in [0.15, 0.2) is 11.5 Å². The Morgan fingerprint density at radius 2 is 1.91 bits per heavy atom. The zero-order valence-corrected chi connectivity index (χ0v) is 12.5. The van der Waals surface area contributed by atoms with Gasteiger partial charge in [-0.1, -0.05) is 42.5 Å². The molecular weight excluding hydrogens is 274 g/mol. The summed E-state index contributed by atoms with van der Waals surface area (Å²) in [5.41, 5.74) is 3.41. The minimum atomic E-state index is 0.0880. The Balaban J connectivity index is 1.81. The molecule has 0 amide bonds. The summed E-state index contributed by atoms with van der Waals surface area (Å²) in [5.74, 6) is 1.61. The maximum absolute atomic E-state index is 10.5. The zero-order valence-electron chi connectivity index (χ0n) is 12.5. The molecule has 3 heteroatoms. The molecule has 2 N–H and O–H groups in total. The fraction of sp³-hybridized carbons (Fsp3) is 0.263. The predicted molar refractivity (Wildman–Crippen MR) is 87.5 cm³/mol. The van der Waals surface area contributed by atoms with Gasteiger partial charge in [-0.15, -0.1) is 0 Å². The fourth-order valence-electron chi connectivity index (χ4n) is 3.81. The van der Waals surface area contributed by atoms with Crippen LogP contribution < -0.4 is 10.1 Å². The van der Waals surface area contributed by atoms with Crippen molar-refractivity contribution in [3.63, 3.8) is 0 Å². The maximum atomic E-state index is 10.5. The van der Waals surface area contributed by atoms with E-state index in [0.717, 1.165) is 17.7 Å². The molecule has 0 aromatic heterocycles. The van der Waals surface area contributed by atoms with E-state index in [1.807, 2.05) is 18.2 Å². The Hall–Kier alpha value is -2.42. The highest BCUT2D eigenvalue weighted by Gasteiger charge is 2.38. The van der Waals surface area contributed by atoms with Crippen molar-refractivity contribution >= 4 is 5.69 Å². The van der Waals surface area contributed by atoms with Crippen LogP contribution in [-0.2, 0) is 0 Å². The molecule has 0 radical (unpaired) electrons. The topological polar surface area (TPSA) is 41.5 Å². The van der Waals surface area contributed by atoms with Gasteiger partial charge in [0.1, 0.15) is 0 Å². The lowest BCUT2D eigenvalue weighted by Crippen LogP contribution is -2.29. The molecule has 1 aliphatic heterocycles. The Labute approximate surface area is 130 Å². The van der Waals surface area contributed by atoms with E-state index >= 15 is 0 Å². The molecule has 2 aromatic carbocycles. The van der Waals surface area contributed by atoms with Gasteiger partial charge in [0.2, 0.25) is 0 Å². The van der Waals surface area contributed by atoms with Crippen LogP contribution in [0.25, 0.3) is 0 Å². The molecule has 22 heavy (non-hydrogen) atoms. The molecule has 0 spiro atoms. The standard InChI is InChI=1S/C19H19NO2/c1-22-17-11-5-9-15(19(17)21)18-14-8-4-7-12(14)13-6-2-3-10-16(13)20-18/h2-7,9-12,14,18,20-21H,8H2,1H3. The van der Waals surface area contributed by atoms with E-state index in [-0.39, 0.29) is 11.8 Å². The molecule has 4 rings (SSSR count). The second-order valence-corrected chi connectivity index (χ2v) is 5.96. The van der Waals surface area contributed by atoms with E-state index in [1.165, 1.54) is 5.56 Å². The number of hydrogen-bond acceptors (Lipinski definition) is 3. The Bertz CT molecular complexity index is 738. The highest BCUT2D eigenvalue weighted by molar-refractivity contribution is 5.61. The van der Waals surface area contributed by atoms with Crippen LogP contribution in [0.4, 0.5) is 5.69 Å². The largest absolute Gasteiger partial charge is 0.504 e. The molecule has 112 valence electrons. The number of rotatable bonds is 2. The number of anilines is 1. The number of fused-ring (bicyclic) bond motifs is 3. The van der Waals surface area contributed by atoms with Crippen molar-refractivity contribution in [3.8, 4) is 11.5 Å². The van der Waals surface area contributed by atoms with Gasteiger partial charge in [0, 0.05) is 17.2 Å². The van der Waals surface area contributed by atoms with Crippen LogP contribution in [0.1, 0.15) is 29.5 Å². The number of allylic oxidation sites excluding steroid dienone is 2. The van der Waals surface area contributed by atoms with Gasteiger partial charge in [-0.2, -0.15) is 0 Å². The molecule has 0 fully saturated rings. The normalized spacial score (nSPS) is 25.2. The molecule has 0 bridgehead atoms. The molecule has 3 nitrogen and oxygen atoms in total. The number of para-hydroxylation sites is 2. The number of phenolic OH excluding ortho intramolecular Hbond substituents is 1. The molecule has 0 saturated carbocycles. The molecule has 2 aromatic rings. The van der Waals surface area contributed by atoms with Crippen molar-refractivity contribution in [2.75, 3.05) is 12.4 Å². The smallest absolute Gasteiger partial charge is 0.163 e. The summed E-state index contributed by atoms with van der Waals surface area (Å²) in [6.45, 7) is 0. The third kappa shape index (κ3) is 1.89. The third-order valence-electron chi connectivity index (χ3n) is 4.86. The lowest BCUT2D eigenvalue weighted by atomic mass is 9.77. The van der Waals surface area contributed by atoms with E-state index < -0.39 is 0 Å². The lowest BCUT2D eigenvalue weighted by Gasteiger charge is -2.37. The van der Waals surface area contributed by atoms with Crippen molar-refractivity contribution in [1.82, 2.24) is 0 Å². The Kier molecular flexibility index (Phi) is 3.07. The minimum Gasteiger partial charge on any atom is -0.504 e. The van der Waals surface area contributed by atoms with E-state index in [4.69, 9.17) is 4.74 Å². The van der Waals surface area contributed by atoms with Crippen molar-refractivity contribution in [3.05, 3.63) is 65.7 Å². The summed E-state index contributed by atoms with van der Waals surface area (Å²) in [5, 5.41) is 14.1. The summed E-state index contributed by atoms with van der Waals surface area (Å²) < 4.78 is 5.26. The van der Waals surface area contributed by atoms with Crippen molar-refractivity contribution in [1.29, 1.82) is 0 Å². The Morgan fingerprint density at radius 1 is 1.09 bits per heavy atom. The fourth-order valence-corrected chi connectivity index (χ4v) is 3.81. The lowest BCUT2D eigenvalue weighted by molar-refractivity contribution is 0.358. The van der Waals surface area contributed by atoms with Gasteiger partial charge >= 0.3 is 0 Å². The van der Waals surface area contributed by atoms with Crippen LogP contribution in [-0.4, -0.2) is 12.2 Å². The number of aromatic hydroxyl groups is 1. The molecular formula is C19H19NO2. The SMILES string of the molecule is COc1cccc(C2Nc3ccccc3C3C=CCC32)c1O. The first-order valence-corrected chi connectivity index (χ1v) is 7.67. The first-order chi connectivity index (χ1) is 10.8. The molecule has 3 atom stereocenters. The summed E-state index contributed by atoms with van der Waals surface area (Å²) in [7, 11) is 1.59. The highest BCUT2D eigenvalue weighted by atomic mass is 16.5. The number of hydrogen-bond donors (Lipinski definition) is 2. The number of methoxy groups -OCH3 is 1. The average molecular weight is 293 g/mol. The van der Waals surface area contributed by atoms with Gasteiger partial charge in [-0.05, 0) is 30.0 Å². The van der Waals surface area contributed by atoms with Crippen LogP contribution >= 0.6 is 0 Å². The van der Waals surface area contributed by atoms with Crippen LogP contribution in [0, 0.1) is 5.92 Å². The Morgan fingerprint density at radius 3 is 2.77 bits per heavy atom. The van der Waals surface area contributed by atoms with Gasteiger partial charge in [0.05, 0.1) is 13.2 Å². The monoisotopic (exact) mass is 293 g/mol. The highest BCUT2D eigenvalue weighted by Crippen LogP contribution is 2.51. The molecule has 2 aliphatic rings. The molecule has 3 unspecified atom stereocenters. The molecule has 0 saturated heterocycles. The number of ether oxygens (including phenoxy) is 1. The van der Waals surface area contributed by atoms with Gasteiger partial charge in [-0.25, -0.2) is 0 Å². The number of nitrogens with one attached hydrogen (secondary N) is 1. The first kappa shape index (κ1) is 13.3. The van der Waals surface area contributed by atoms with E-state index in [1.54, 1.807) is 13.2 Å². The minimum absolute atomic E-state index is 0.0880. The van der Waals surface area contributed by atoms with Crippen LogP contribution in [0.2, 0.25) is 0 Å². The summed E-state index contributed by atoms with van der Waals surface area (Å²) in [6, 6.07) is 14.2. The first-order valence-electron chi connectivity index (χ1n) is 7.67. The predicted octanol–water partition coefficient (Wildman–Crippen LogP) is 4.23. The van der Waals surface area contributed by atoms with E-state index in [0.29, 0.717) is 17.6 Å². The zero-order chi connectivity index (χ0) is 15.1. The van der Waals surface area contributed by atoms with Gasteiger partial charge in [-0.3, -0.25) is 0 Å².